The Hall–Kier alpha value is -1.12. The van der Waals surface area contributed by atoms with E-state index in [1.165, 1.54) is 6.92 Å². The van der Waals surface area contributed by atoms with Crippen molar-refractivity contribution < 1.29 is 14.3 Å². The first kappa shape index (κ1) is 8.88. The van der Waals surface area contributed by atoms with Gasteiger partial charge in [-0.3, -0.25) is 4.79 Å². The Labute approximate surface area is 59.7 Å². The highest BCUT2D eigenvalue weighted by Gasteiger charge is 2.03. The molecule has 55 valence electrons. The van der Waals surface area contributed by atoms with Gasteiger partial charge in [-0.2, -0.15) is 0 Å². The Bertz CT molecular complexity index is 170. The van der Waals surface area contributed by atoms with Crippen LogP contribution in [-0.4, -0.2) is 18.4 Å². The van der Waals surface area contributed by atoms with Crippen LogP contribution in [0.3, 0.4) is 0 Å². The molecule has 0 aromatic heterocycles. The third kappa shape index (κ3) is 3.83. The summed E-state index contributed by atoms with van der Waals surface area (Å²) in [6, 6.07) is 0. The first-order chi connectivity index (χ1) is 4.54. The number of hydrogen-bond acceptors (Lipinski definition) is 3. The van der Waals surface area contributed by atoms with Crippen LogP contribution >= 0.6 is 0 Å². The fourth-order valence-corrected chi connectivity index (χ4v) is 0.269. The lowest BCUT2D eigenvalue weighted by Crippen LogP contribution is -2.11. The zero-order valence-corrected chi connectivity index (χ0v) is 5.85. The van der Waals surface area contributed by atoms with Gasteiger partial charge in [-0.1, -0.05) is 6.58 Å². The Balaban J connectivity index is 3.60. The number of Topliss-reactive ketones (excluding diaryl/α,β-unsaturated/α-hetero) is 1. The largest absolute Gasteiger partial charge is 0.454 e. The Morgan fingerprint density at radius 1 is 1.50 bits per heavy atom. The number of ether oxygens (including phenoxy) is 1. The second kappa shape index (κ2) is 3.82. The minimum Gasteiger partial charge on any atom is -0.454 e. The molecule has 0 amide bonds. The normalized spacial score (nSPS) is 8.60. The SMILES string of the molecule is [CH2]C(=O)COC(=O)C(=C)C. The standard InChI is InChI=1S/C7H9O3/c1-5(2)7(9)10-4-6(3)8/h1,3-4H2,2H3. The zero-order chi connectivity index (χ0) is 8.15. The van der Waals surface area contributed by atoms with Crippen molar-refractivity contribution in [3.8, 4) is 0 Å². The minimum absolute atomic E-state index is 0.272. The third-order valence-electron chi connectivity index (χ3n) is 0.713. The van der Waals surface area contributed by atoms with Gasteiger partial charge in [0.2, 0.25) is 0 Å². The fourth-order valence-electron chi connectivity index (χ4n) is 0.269. The Kier molecular flexibility index (Phi) is 3.39. The maximum Gasteiger partial charge on any atom is 0.333 e. The number of esters is 1. The molecule has 0 aliphatic heterocycles. The zero-order valence-electron chi connectivity index (χ0n) is 5.85. The predicted molar refractivity (Wildman–Crippen MR) is 36.1 cm³/mol. The van der Waals surface area contributed by atoms with Gasteiger partial charge in [0.1, 0.15) is 6.61 Å². The summed E-state index contributed by atoms with van der Waals surface area (Å²) in [5.41, 5.74) is 0.279. The topological polar surface area (TPSA) is 43.4 Å². The molecule has 0 spiro atoms. The molecule has 0 heterocycles. The highest BCUT2D eigenvalue weighted by Crippen LogP contribution is 1.90. The summed E-state index contributed by atoms with van der Waals surface area (Å²) >= 11 is 0. The third-order valence-corrected chi connectivity index (χ3v) is 0.713. The molecule has 3 heteroatoms. The van der Waals surface area contributed by atoms with Crippen LogP contribution in [0.2, 0.25) is 0 Å². The summed E-state index contributed by atoms with van der Waals surface area (Å²) in [5.74, 6) is -0.980. The van der Waals surface area contributed by atoms with E-state index in [0.29, 0.717) is 0 Å². The number of rotatable bonds is 3. The second-order valence-electron chi connectivity index (χ2n) is 1.90. The molecule has 0 fully saturated rings. The molecule has 0 aliphatic rings. The first-order valence-electron chi connectivity index (χ1n) is 2.71. The van der Waals surface area contributed by atoms with Crippen molar-refractivity contribution in [1.29, 1.82) is 0 Å². The van der Waals surface area contributed by atoms with Crippen molar-refractivity contribution in [3.05, 3.63) is 19.1 Å². The molecule has 0 rings (SSSR count). The van der Waals surface area contributed by atoms with E-state index in [4.69, 9.17) is 0 Å². The number of carbonyl (C=O) groups excluding carboxylic acids is 2. The predicted octanol–water partition coefficient (Wildman–Crippen LogP) is 0.509. The van der Waals surface area contributed by atoms with Crippen molar-refractivity contribution in [2.45, 2.75) is 6.92 Å². The van der Waals surface area contributed by atoms with Crippen LogP contribution in [0, 0.1) is 6.92 Å². The molecular formula is C7H9O3. The van der Waals surface area contributed by atoms with Gasteiger partial charge < -0.3 is 4.74 Å². The molecule has 0 aromatic rings. The van der Waals surface area contributed by atoms with E-state index < -0.39 is 11.8 Å². The van der Waals surface area contributed by atoms with E-state index in [-0.39, 0.29) is 12.2 Å². The molecule has 1 radical (unpaired) electrons. The number of carbonyl (C=O) groups is 2. The summed E-state index contributed by atoms with van der Waals surface area (Å²) in [4.78, 5) is 20.7. The van der Waals surface area contributed by atoms with E-state index in [1.54, 1.807) is 0 Å². The number of hydrogen-bond donors (Lipinski definition) is 0. The average molecular weight is 141 g/mol. The van der Waals surface area contributed by atoms with Gasteiger partial charge in [-0.05, 0) is 6.92 Å². The molecular weight excluding hydrogens is 132 g/mol. The van der Waals surface area contributed by atoms with Crippen LogP contribution < -0.4 is 0 Å². The highest BCUT2D eigenvalue weighted by molar-refractivity contribution is 5.90. The van der Waals surface area contributed by atoms with E-state index in [2.05, 4.69) is 18.2 Å². The van der Waals surface area contributed by atoms with Crippen molar-refractivity contribution in [2.24, 2.45) is 0 Å². The monoisotopic (exact) mass is 141 g/mol. The maximum atomic E-state index is 10.5. The summed E-state index contributed by atoms with van der Waals surface area (Å²) in [6.45, 7) is 7.59. The van der Waals surface area contributed by atoms with Crippen molar-refractivity contribution in [3.63, 3.8) is 0 Å². The van der Waals surface area contributed by atoms with Gasteiger partial charge >= 0.3 is 5.97 Å². The van der Waals surface area contributed by atoms with Crippen molar-refractivity contribution >= 4 is 11.8 Å². The quantitative estimate of drug-likeness (QED) is 0.425. The molecule has 0 aromatic carbocycles. The van der Waals surface area contributed by atoms with E-state index >= 15 is 0 Å². The fraction of sp³-hybridized carbons (Fsp3) is 0.286. The summed E-state index contributed by atoms with van der Waals surface area (Å²) in [6.07, 6.45) is 0. The van der Waals surface area contributed by atoms with Gasteiger partial charge in [0.05, 0.1) is 0 Å². The molecule has 10 heavy (non-hydrogen) atoms. The van der Waals surface area contributed by atoms with Crippen LogP contribution in [0.25, 0.3) is 0 Å². The second-order valence-corrected chi connectivity index (χ2v) is 1.90. The molecule has 0 saturated carbocycles. The highest BCUT2D eigenvalue weighted by atomic mass is 16.5. The van der Waals surface area contributed by atoms with Crippen LogP contribution in [0.4, 0.5) is 0 Å². The number of ketones is 1. The van der Waals surface area contributed by atoms with Crippen LogP contribution in [-0.2, 0) is 14.3 Å². The van der Waals surface area contributed by atoms with Gasteiger partial charge in [0.25, 0.3) is 0 Å². The van der Waals surface area contributed by atoms with Gasteiger partial charge in [0, 0.05) is 12.5 Å². The lowest BCUT2D eigenvalue weighted by atomic mass is 10.4. The molecule has 0 saturated heterocycles. The van der Waals surface area contributed by atoms with Crippen LogP contribution in [0.1, 0.15) is 6.92 Å². The first-order valence-corrected chi connectivity index (χ1v) is 2.71. The lowest BCUT2D eigenvalue weighted by molar-refractivity contribution is -0.142. The summed E-state index contributed by atoms with van der Waals surface area (Å²) in [5, 5.41) is 0. The summed E-state index contributed by atoms with van der Waals surface area (Å²) in [7, 11) is 0. The molecule has 0 aliphatic carbocycles. The van der Waals surface area contributed by atoms with Gasteiger partial charge in [0.15, 0.2) is 5.78 Å². The summed E-state index contributed by atoms with van der Waals surface area (Å²) < 4.78 is 4.41. The van der Waals surface area contributed by atoms with Gasteiger partial charge in [-0.25, -0.2) is 4.79 Å². The Morgan fingerprint density at radius 2 is 2.00 bits per heavy atom. The molecule has 0 unspecified atom stereocenters. The van der Waals surface area contributed by atoms with Crippen molar-refractivity contribution in [2.75, 3.05) is 6.61 Å². The maximum absolute atomic E-state index is 10.5. The van der Waals surface area contributed by atoms with Crippen LogP contribution in [0.5, 0.6) is 0 Å². The molecule has 0 N–H and O–H groups in total. The minimum atomic E-state index is -0.558. The van der Waals surface area contributed by atoms with Gasteiger partial charge in [-0.15, -0.1) is 0 Å². The van der Waals surface area contributed by atoms with Crippen LogP contribution in [0.15, 0.2) is 12.2 Å². The Morgan fingerprint density at radius 3 is 2.30 bits per heavy atom. The molecule has 3 nitrogen and oxygen atoms in total. The van der Waals surface area contributed by atoms with E-state index in [9.17, 15) is 9.59 Å². The van der Waals surface area contributed by atoms with E-state index in [1.807, 2.05) is 0 Å². The van der Waals surface area contributed by atoms with Crippen molar-refractivity contribution in [1.82, 2.24) is 0 Å². The lowest BCUT2D eigenvalue weighted by Gasteiger charge is -1.98. The average Bonchev–Trinajstić information content (AvgIpc) is 1.82. The van der Waals surface area contributed by atoms with E-state index in [0.717, 1.165) is 0 Å². The molecule has 0 bridgehead atoms. The molecule has 0 atom stereocenters. The smallest absolute Gasteiger partial charge is 0.333 e.